The fourth-order valence-corrected chi connectivity index (χ4v) is 2.22. The molecule has 7 nitrogen and oxygen atoms in total. The number of rotatable bonds is 2. The Kier molecular flexibility index (Phi) is 3.24. The SMILES string of the molecule is O=C(c1cn(C2CNC2)nn1)N1CCCNCC1. The van der Waals surface area contributed by atoms with E-state index < -0.39 is 0 Å². The number of nitrogens with one attached hydrogen (secondary N) is 2. The van der Waals surface area contributed by atoms with E-state index in [2.05, 4.69) is 20.9 Å². The summed E-state index contributed by atoms with van der Waals surface area (Å²) in [6.07, 6.45) is 2.76. The Balaban J connectivity index is 1.68. The first kappa shape index (κ1) is 11.6. The molecule has 7 heteroatoms. The molecule has 3 rings (SSSR count). The first-order valence-corrected chi connectivity index (χ1v) is 6.47. The van der Waals surface area contributed by atoms with Gasteiger partial charge in [-0.25, -0.2) is 4.68 Å². The van der Waals surface area contributed by atoms with Crippen molar-refractivity contribution in [3.63, 3.8) is 0 Å². The van der Waals surface area contributed by atoms with Gasteiger partial charge in [-0.1, -0.05) is 5.21 Å². The van der Waals surface area contributed by atoms with Crippen LogP contribution >= 0.6 is 0 Å². The van der Waals surface area contributed by atoms with Gasteiger partial charge in [-0.2, -0.15) is 0 Å². The molecule has 0 aromatic carbocycles. The van der Waals surface area contributed by atoms with Gasteiger partial charge >= 0.3 is 0 Å². The van der Waals surface area contributed by atoms with Gasteiger partial charge in [-0.3, -0.25) is 4.79 Å². The van der Waals surface area contributed by atoms with Crippen molar-refractivity contribution in [3.8, 4) is 0 Å². The van der Waals surface area contributed by atoms with E-state index in [9.17, 15) is 4.79 Å². The van der Waals surface area contributed by atoms with Crippen LogP contribution in [-0.2, 0) is 0 Å². The third-order valence-electron chi connectivity index (χ3n) is 3.49. The highest BCUT2D eigenvalue weighted by atomic mass is 16.2. The third-order valence-corrected chi connectivity index (χ3v) is 3.49. The van der Waals surface area contributed by atoms with Crippen LogP contribution in [0.2, 0.25) is 0 Å². The van der Waals surface area contributed by atoms with Crippen molar-refractivity contribution < 1.29 is 4.79 Å². The van der Waals surface area contributed by atoms with Crippen LogP contribution in [0.3, 0.4) is 0 Å². The van der Waals surface area contributed by atoms with Crippen molar-refractivity contribution in [2.75, 3.05) is 39.3 Å². The Morgan fingerprint density at radius 3 is 2.94 bits per heavy atom. The van der Waals surface area contributed by atoms with Crippen LogP contribution in [0.4, 0.5) is 0 Å². The molecule has 3 heterocycles. The Morgan fingerprint density at radius 2 is 2.17 bits per heavy atom. The van der Waals surface area contributed by atoms with Crippen molar-refractivity contribution in [2.45, 2.75) is 12.5 Å². The van der Waals surface area contributed by atoms with Gasteiger partial charge in [0.25, 0.3) is 5.91 Å². The summed E-state index contributed by atoms with van der Waals surface area (Å²) in [5.41, 5.74) is 0.462. The Hall–Kier alpha value is -1.47. The average molecular weight is 250 g/mol. The lowest BCUT2D eigenvalue weighted by Crippen LogP contribution is -2.43. The smallest absolute Gasteiger partial charge is 0.276 e. The van der Waals surface area contributed by atoms with E-state index in [0.29, 0.717) is 11.7 Å². The molecular formula is C11H18N6O. The Labute approximate surface area is 106 Å². The number of amides is 1. The van der Waals surface area contributed by atoms with E-state index in [1.807, 2.05) is 4.90 Å². The number of carbonyl (C=O) groups is 1. The maximum Gasteiger partial charge on any atom is 0.276 e. The van der Waals surface area contributed by atoms with Gasteiger partial charge in [0.15, 0.2) is 5.69 Å². The standard InChI is InChI=1S/C11H18N6O/c18-11(16-4-1-2-12-3-5-16)10-8-17(15-14-10)9-6-13-7-9/h8-9,12-13H,1-7H2. The summed E-state index contributed by atoms with van der Waals surface area (Å²) in [7, 11) is 0. The lowest BCUT2D eigenvalue weighted by Gasteiger charge is -2.26. The molecule has 98 valence electrons. The number of hydrogen-bond donors (Lipinski definition) is 2. The van der Waals surface area contributed by atoms with Gasteiger partial charge < -0.3 is 15.5 Å². The maximum atomic E-state index is 12.3. The Morgan fingerprint density at radius 1 is 1.28 bits per heavy atom. The molecule has 2 fully saturated rings. The van der Waals surface area contributed by atoms with Gasteiger partial charge in [0, 0.05) is 32.7 Å². The molecule has 2 aliphatic heterocycles. The molecule has 18 heavy (non-hydrogen) atoms. The minimum absolute atomic E-state index is 0.00256. The number of hydrogen-bond acceptors (Lipinski definition) is 5. The summed E-state index contributed by atoms with van der Waals surface area (Å²) in [4.78, 5) is 14.1. The predicted octanol–water partition coefficient (Wildman–Crippen LogP) is -1.14. The molecule has 1 aromatic heterocycles. The first-order chi connectivity index (χ1) is 8.84. The van der Waals surface area contributed by atoms with Crippen molar-refractivity contribution in [3.05, 3.63) is 11.9 Å². The van der Waals surface area contributed by atoms with Crippen molar-refractivity contribution in [1.29, 1.82) is 0 Å². The first-order valence-electron chi connectivity index (χ1n) is 6.47. The second-order valence-corrected chi connectivity index (χ2v) is 4.79. The molecule has 1 aromatic rings. The average Bonchev–Trinajstić information content (AvgIpc) is 2.62. The molecule has 0 bridgehead atoms. The van der Waals surface area contributed by atoms with Crippen LogP contribution in [-0.4, -0.2) is 65.1 Å². The monoisotopic (exact) mass is 250 g/mol. The van der Waals surface area contributed by atoms with Gasteiger partial charge in [-0.05, 0) is 13.0 Å². The molecule has 0 aliphatic carbocycles. The topological polar surface area (TPSA) is 75.1 Å². The lowest BCUT2D eigenvalue weighted by molar-refractivity contribution is 0.0760. The maximum absolute atomic E-state index is 12.3. The molecule has 0 saturated carbocycles. The van der Waals surface area contributed by atoms with Crippen molar-refractivity contribution in [2.24, 2.45) is 0 Å². The van der Waals surface area contributed by atoms with E-state index >= 15 is 0 Å². The van der Waals surface area contributed by atoms with Crippen LogP contribution < -0.4 is 10.6 Å². The van der Waals surface area contributed by atoms with E-state index in [0.717, 1.165) is 45.7 Å². The van der Waals surface area contributed by atoms with Gasteiger partial charge in [0.1, 0.15) is 0 Å². The highest BCUT2D eigenvalue weighted by Gasteiger charge is 2.24. The molecule has 0 unspecified atom stereocenters. The molecule has 2 saturated heterocycles. The van der Waals surface area contributed by atoms with E-state index in [-0.39, 0.29) is 5.91 Å². The fraction of sp³-hybridized carbons (Fsp3) is 0.727. The fourth-order valence-electron chi connectivity index (χ4n) is 2.22. The summed E-state index contributed by atoms with van der Waals surface area (Å²) in [5.74, 6) is -0.00256. The zero-order valence-corrected chi connectivity index (χ0v) is 10.3. The summed E-state index contributed by atoms with van der Waals surface area (Å²) in [6.45, 7) is 5.19. The molecule has 0 radical (unpaired) electrons. The van der Waals surface area contributed by atoms with Crippen LogP contribution in [0.15, 0.2) is 6.20 Å². The van der Waals surface area contributed by atoms with Gasteiger partial charge in [0.2, 0.25) is 0 Å². The molecule has 0 spiro atoms. The second kappa shape index (κ2) is 5.03. The van der Waals surface area contributed by atoms with Crippen molar-refractivity contribution >= 4 is 5.91 Å². The van der Waals surface area contributed by atoms with Crippen molar-refractivity contribution in [1.82, 2.24) is 30.5 Å². The van der Waals surface area contributed by atoms with E-state index in [1.165, 1.54) is 0 Å². The van der Waals surface area contributed by atoms with Crippen LogP contribution in [0.5, 0.6) is 0 Å². The normalized spacial score (nSPS) is 21.4. The number of nitrogens with zero attached hydrogens (tertiary/aromatic N) is 4. The number of carbonyl (C=O) groups excluding carboxylic acids is 1. The quantitative estimate of drug-likeness (QED) is 0.694. The molecule has 2 N–H and O–H groups in total. The van der Waals surface area contributed by atoms with E-state index in [1.54, 1.807) is 10.9 Å². The highest BCUT2D eigenvalue weighted by molar-refractivity contribution is 5.91. The summed E-state index contributed by atoms with van der Waals surface area (Å²) in [5, 5.41) is 14.5. The second-order valence-electron chi connectivity index (χ2n) is 4.79. The minimum atomic E-state index is -0.00256. The van der Waals surface area contributed by atoms with Gasteiger partial charge in [0.05, 0.1) is 12.2 Å². The van der Waals surface area contributed by atoms with Crippen LogP contribution in [0.1, 0.15) is 23.0 Å². The summed E-state index contributed by atoms with van der Waals surface area (Å²) in [6, 6.07) is 0.352. The third kappa shape index (κ3) is 2.23. The van der Waals surface area contributed by atoms with Crippen LogP contribution in [0, 0.1) is 0 Å². The Bertz CT molecular complexity index is 419. The largest absolute Gasteiger partial charge is 0.336 e. The lowest BCUT2D eigenvalue weighted by atomic mass is 10.2. The number of aromatic nitrogens is 3. The molecular weight excluding hydrogens is 232 g/mol. The zero-order chi connectivity index (χ0) is 12.4. The predicted molar refractivity (Wildman–Crippen MR) is 65.3 cm³/mol. The minimum Gasteiger partial charge on any atom is -0.336 e. The van der Waals surface area contributed by atoms with Gasteiger partial charge in [-0.15, -0.1) is 5.10 Å². The molecule has 0 atom stereocenters. The summed E-state index contributed by atoms with van der Waals surface area (Å²) >= 11 is 0. The zero-order valence-electron chi connectivity index (χ0n) is 10.3. The highest BCUT2D eigenvalue weighted by Crippen LogP contribution is 2.11. The van der Waals surface area contributed by atoms with E-state index in [4.69, 9.17) is 0 Å². The molecule has 2 aliphatic rings. The van der Waals surface area contributed by atoms with Crippen LogP contribution in [0.25, 0.3) is 0 Å². The summed E-state index contributed by atoms with van der Waals surface area (Å²) < 4.78 is 1.79. The molecule has 1 amide bonds.